The van der Waals surface area contributed by atoms with Crippen molar-refractivity contribution in [3.8, 4) is 0 Å². The zero-order chi connectivity index (χ0) is 19.5. The third kappa shape index (κ3) is 3.30. The van der Waals surface area contributed by atoms with Gasteiger partial charge in [-0.05, 0) is 35.0 Å². The Morgan fingerprint density at radius 3 is 2.75 bits per heavy atom. The Morgan fingerprint density at radius 1 is 1.18 bits per heavy atom. The highest BCUT2D eigenvalue weighted by molar-refractivity contribution is 7.17. The van der Waals surface area contributed by atoms with Crippen LogP contribution in [0.1, 0.15) is 11.1 Å². The molecular weight excluding hydrogens is 370 g/mol. The summed E-state index contributed by atoms with van der Waals surface area (Å²) in [6, 6.07) is 17.5. The van der Waals surface area contributed by atoms with Crippen LogP contribution in [-0.2, 0) is 4.74 Å². The standard InChI is InChI=1S/C21H17N5OS/c1-2-16(15-10-6-9-13-11-12-28-18(13)15)24-17(19(22)23)21-26-25-20(27-21)14-7-4-3-5-8-14/h2-12,26H,1H2,(H3,22,23). The van der Waals surface area contributed by atoms with Gasteiger partial charge in [0.25, 0.3) is 0 Å². The smallest absolute Gasteiger partial charge is 0.245 e. The first-order chi connectivity index (χ1) is 13.7. The maximum Gasteiger partial charge on any atom is 0.245 e. The van der Waals surface area contributed by atoms with Gasteiger partial charge >= 0.3 is 0 Å². The van der Waals surface area contributed by atoms with Gasteiger partial charge in [-0.3, -0.25) is 5.41 Å². The first kappa shape index (κ1) is 17.7. The molecule has 0 saturated heterocycles. The van der Waals surface area contributed by atoms with Crippen molar-refractivity contribution in [1.82, 2.24) is 5.43 Å². The number of benzene rings is 2. The molecule has 0 bridgehead atoms. The molecule has 6 nitrogen and oxygen atoms in total. The molecule has 1 aliphatic rings. The fourth-order valence-corrected chi connectivity index (χ4v) is 3.74. The van der Waals surface area contributed by atoms with Crippen LogP contribution >= 0.6 is 11.3 Å². The first-order valence-corrected chi connectivity index (χ1v) is 9.38. The van der Waals surface area contributed by atoms with Gasteiger partial charge in [-0.2, -0.15) is 0 Å². The maximum absolute atomic E-state index is 7.96. The minimum atomic E-state index is -0.232. The Balaban J connectivity index is 1.74. The largest absolute Gasteiger partial charge is 0.417 e. The van der Waals surface area contributed by atoms with Gasteiger partial charge in [0.05, 0.1) is 5.71 Å². The Bertz CT molecular complexity index is 1160. The molecule has 2 heterocycles. The number of allylic oxidation sites excluding steroid dienone is 1. The van der Waals surface area contributed by atoms with Crippen LogP contribution in [0.3, 0.4) is 0 Å². The van der Waals surface area contributed by atoms with Gasteiger partial charge in [-0.25, -0.2) is 10.4 Å². The van der Waals surface area contributed by atoms with E-state index in [4.69, 9.17) is 15.9 Å². The van der Waals surface area contributed by atoms with Gasteiger partial charge in [0.2, 0.25) is 11.8 Å². The summed E-state index contributed by atoms with van der Waals surface area (Å²) in [6.45, 7) is 3.88. The summed E-state index contributed by atoms with van der Waals surface area (Å²) < 4.78 is 6.88. The number of hydrazone groups is 1. The average molecular weight is 387 g/mol. The third-order valence-electron chi connectivity index (χ3n) is 4.13. The predicted octanol–water partition coefficient (Wildman–Crippen LogP) is 3.96. The van der Waals surface area contributed by atoms with E-state index >= 15 is 0 Å². The maximum atomic E-state index is 7.96. The normalized spacial score (nSPS) is 15.6. The lowest BCUT2D eigenvalue weighted by Crippen LogP contribution is -2.19. The average Bonchev–Trinajstić information content (AvgIpc) is 3.39. The van der Waals surface area contributed by atoms with Crippen molar-refractivity contribution < 1.29 is 4.74 Å². The molecule has 2 aromatic carbocycles. The fraction of sp³-hybridized carbons (Fsp3) is 0. The topological polar surface area (TPSA) is 95.9 Å². The van der Waals surface area contributed by atoms with E-state index in [0.717, 1.165) is 21.2 Å². The van der Waals surface area contributed by atoms with E-state index < -0.39 is 0 Å². The number of nitrogens with one attached hydrogen (secondary N) is 2. The Hall–Kier alpha value is -3.71. The molecule has 0 aliphatic carbocycles. The highest BCUT2D eigenvalue weighted by Gasteiger charge is 2.21. The minimum absolute atomic E-state index is 0.165. The summed E-state index contributed by atoms with van der Waals surface area (Å²) >= 11 is 1.62. The lowest BCUT2D eigenvalue weighted by atomic mass is 10.1. The summed E-state index contributed by atoms with van der Waals surface area (Å²) in [4.78, 5) is 4.58. The highest BCUT2D eigenvalue weighted by atomic mass is 32.1. The van der Waals surface area contributed by atoms with Crippen molar-refractivity contribution >= 4 is 38.9 Å². The SMILES string of the molecule is C=CC(=NC(C(=N)N)=C1NN=C(c2ccccc2)O1)c1cccc2ccsc12. The van der Waals surface area contributed by atoms with Gasteiger partial charge < -0.3 is 10.5 Å². The Morgan fingerprint density at radius 2 is 2.00 bits per heavy atom. The van der Waals surface area contributed by atoms with Crippen molar-refractivity contribution in [3.63, 3.8) is 0 Å². The van der Waals surface area contributed by atoms with Crippen molar-refractivity contribution in [3.05, 3.63) is 95.3 Å². The van der Waals surface area contributed by atoms with Gasteiger partial charge in [-0.1, -0.05) is 43.0 Å². The van der Waals surface area contributed by atoms with Crippen LogP contribution in [-0.4, -0.2) is 17.4 Å². The molecule has 4 rings (SSSR count). The number of ether oxygens (including phenoxy) is 1. The number of fused-ring (bicyclic) bond motifs is 1. The molecule has 0 spiro atoms. The second-order valence-corrected chi connectivity index (χ2v) is 6.85. The molecule has 0 saturated carbocycles. The molecule has 0 fully saturated rings. The summed E-state index contributed by atoms with van der Waals surface area (Å²) in [5.74, 6) is 0.374. The molecular formula is C21H17N5OS. The number of nitrogens with two attached hydrogens (primary N) is 1. The van der Waals surface area contributed by atoms with E-state index in [-0.39, 0.29) is 17.4 Å². The van der Waals surface area contributed by atoms with Crippen LogP contribution in [0.5, 0.6) is 0 Å². The molecule has 7 heteroatoms. The molecule has 28 heavy (non-hydrogen) atoms. The zero-order valence-electron chi connectivity index (χ0n) is 14.8. The quantitative estimate of drug-likeness (QED) is 0.457. The van der Waals surface area contributed by atoms with E-state index in [0.29, 0.717) is 11.6 Å². The molecule has 3 aromatic rings. The number of hydrogen-bond acceptors (Lipinski definition) is 6. The molecule has 138 valence electrons. The zero-order valence-corrected chi connectivity index (χ0v) is 15.7. The van der Waals surface area contributed by atoms with Gasteiger partial charge in [0, 0.05) is 15.8 Å². The number of thiophene rings is 1. The van der Waals surface area contributed by atoms with Gasteiger partial charge in [-0.15, -0.1) is 16.4 Å². The molecule has 0 radical (unpaired) electrons. The summed E-state index contributed by atoms with van der Waals surface area (Å²) in [5.41, 5.74) is 11.1. The van der Waals surface area contributed by atoms with E-state index in [1.807, 2.05) is 53.9 Å². The minimum Gasteiger partial charge on any atom is -0.417 e. The summed E-state index contributed by atoms with van der Waals surface area (Å²) in [5, 5.41) is 15.3. The van der Waals surface area contributed by atoms with Crippen molar-refractivity contribution in [2.75, 3.05) is 0 Å². The van der Waals surface area contributed by atoms with Crippen LogP contribution in [0.15, 0.2) is 94.3 Å². The van der Waals surface area contributed by atoms with Crippen LogP contribution in [0, 0.1) is 5.41 Å². The van der Waals surface area contributed by atoms with Crippen LogP contribution in [0.2, 0.25) is 0 Å². The molecule has 1 aromatic heterocycles. The van der Waals surface area contributed by atoms with Gasteiger partial charge in [0.15, 0.2) is 5.70 Å². The van der Waals surface area contributed by atoms with E-state index in [9.17, 15) is 0 Å². The summed E-state index contributed by atoms with van der Waals surface area (Å²) in [6.07, 6.45) is 1.64. The second kappa shape index (κ2) is 7.50. The van der Waals surface area contributed by atoms with Crippen LogP contribution in [0.25, 0.3) is 10.1 Å². The number of amidine groups is 1. The number of rotatable bonds is 5. The predicted molar refractivity (Wildman–Crippen MR) is 115 cm³/mol. The van der Waals surface area contributed by atoms with E-state index in [2.05, 4.69) is 28.2 Å². The number of hydrogen-bond donors (Lipinski definition) is 3. The Kier molecular flexibility index (Phi) is 4.74. The van der Waals surface area contributed by atoms with Crippen molar-refractivity contribution in [1.29, 1.82) is 5.41 Å². The fourth-order valence-electron chi connectivity index (χ4n) is 2.81. The Labute approximate surface area is 165 Å². The van der Waals surface area contributed by atoms with Crippen molar-refractivity contribution in [2.45, 2.75) is 0 Å². The van der Waals surface area contributed by atoms with E-state index in [1.54, 1.807) is 17.4 Å². The summed E-state index contributed by atoms with van der Waals surface area (Å²) in [7, 11) is 0. The molecule has 0 unspecified atom stereocenters. The lowest BCUT2D eigenvalue weighted by molar-refractivity contribution is 0.412. The molecule has 0 amide bonds. The third-order valence-corrected chi connectivity index (χ3v) is 5.09. The van der Waals surface area contributed by atoms with E-state index in [1.165, 1.54) is 0 Å². The molecule has 4 N–H and O–H groups in total. The lowest BCUT2D eigenvalue weighted by Gasteiger charge is -2.08. The van der Waals surface area contributed by atoms with Gasteiger partial charge in [0.1, 0.15) is 5.84 Å². The monoisotopic (exact) mass is 387 g/mol. The number of aliphatic imine (C=N–C) groups is 1. The first-order valence-electron chi connectivity index (χ1n) is 8.50. The van der Waals surface area contributed by atoms with Crippen LogP contribution in [0.4, 0.5) is 0 Å². The molecule has 1 aliphatic heterocycles. The number of nitrogens with zero attached hydrogens (tertiary/aromatic N) is 2. The second-order valence-electron chi connectivity index (χ2n) is 5.93. The van der Waals surface area contributed by atoms with Crippen molar-refractivity contribution in [2.24, 2.45) is 15.8 Å². The highest BCUT2D eigenvalue weighted by Crippen LogP contribution is 2.26. The molecule has 0 atom stereocenters. The van der Waals surface area contributed by atoms with Crippen LogP contribution < -0.4 is 11.2 Å².